The second-order valence-electron chi connectivity index (χ2n) is 5.17. The van der Waals surface area contributed by atoms with Gasteiger partial charge >= 0.3 is 0 Å². The third kappa shape index (κ3) is 3.96. The molecule has 1 N–H and O–H groups in total. The number of piperidine rings is 1. The highest BCUT2D eigenvalue weighted by Crippen LogP contribution is 2.25. The number of nitrogens with one attached hydrogen (secondary N) is 1. The van der Waals surface area contributed by atoms with Gasteiger partial charge in [-0.2, -0.15) is 0 Å². The smallest absolute Gasteiger partial charge is 0.255 e. The number of hydrogen-bond donors (Lipinski definition) is 1. The van der Waals surface area contributed by atoms with Crippen LogP contribution in [0.4, 0.5) is 0 Å². The summed E-state index contributed by atoms with van der Waals surface area (Å²) in [7, 11) is 0. The van der Waals surface area contributed by atoms with Crippen LogP contribution in [0.3, 0.4) is 0 Å². The molecule has 0 atom stereocenters. The van der Waals surface area contributed by atoms with E-state index in [1.807, 2.05) is 11.0 Å². The third-order valence-corrected chi connectivity index (χ3v) is 4.55. The van der Waals surface area contributed by atoms with E-state index in [9.17, 15) is 4.79 Å². The molecule has 1 aliphatic heterocycles. The van der Waals surface area contributed by atoms with E-state index < -0.39 is 0 Å². The molecule has 1 aromatic rings. The first-order chi connectivity index (χ1) is 9.61. The maximum Gasteiger partial charge on any atom is 0.255 e. The van der Waals surface area contributed by atoms with Crippen LogP contribution in [-0.4, -0.2) is 37.0 Å². The molecule has 20 heavy (non-hydrogen) atoms. The van der Waals surface area contributed by atoms with Crippen molar-refractivity contribution in [3.05, 3.63) is 33.3 Å². The summed E-state index contributed by atoms with van der Waals surface area (Å²) in [5, 5.41) is 3.89. The van der Waals surface area contributed by atoms with E-state index in [0.717, 1.165) is 43.5 Å². The van der Waals surface area contributed by atoms with Gasteiger partial charge in [0, 0.05) is 17.6 Å². The minimum absolute atomic E-state index is 0.0457. The number of amides is 1. The van der Waals surface area contributed by atoms with Crippen molar-refractivity contribution in [3.63, 3.8) is 0 Å². The van der Waals surface area contributed by atoms with Crippen LogP contribution >= 0.6 is 27.5 Å². The van der Waals surface area contributed by atoms with Gasteiger partial charge in [0.25, 0.3) is 5.91 Å². The third-order valence-electron chi connectivity index (χ3n) is 3.75. The van der Waals surface area contributed by atoms with Crippen LogP contribution in [0.25, 0.3) is 0 Å². The van der Waals surface area contributed by atoms with E-state index in [0.29, 0.717) is 16.5 Å². The standard InChI is InChI=1S/C15H20BrClN2O/c1-2-18-10-11-5-7-19(8-6-11)15(20)13-4-3-12(16)9-14(13)17/h3-4,9,11,18H,2,5-8,10H2,1H3. The minimum Gasteiger partial charge on any atom is -0.339 e. The molecule has 1 aromatic carbocycles. The lowest BCUT2D eigenvalue weighted by Crippen LogP contribution is -2.40. The normalized spacial score (nSPS) is 16.4. The Balaban J connectivity index is 1.94. The van der Waals surface area contributed by atoms with Gasteiger partial charge in [-0.15, -0.1) is 0 Å². The Morgan fingerprint density at radius 3 is 2.75 bits per heavy atom. The van der Waals surface area contributed by atoms with Gasteiger partial charge in [-0.1, -0.05) is 34.5 Å². The van der Waals surface area contributed by atoms with Gasteiger partial charge in [0.2, 0.25) is 0 Å². The SMILES string of the molecule is CCNCC1CCN(C(=O)c2ccc(Br)cc2Cl)CC1. The highest BCUT2D eigenvalue weighted by Gasteiger charge is 2.24. The van der Waals surface area contributed by atoms with Crippen molar-refractivity contribution in [2.75, 3.05) is 26.2 Å². The van der Waals surface area contributed by atoms with Crippen molar-refractivity contribution in [2.24, 2.45) is 5.92 Å². The van der Waals surface area contributed by atoms with E-state index in [-0.39, 0.29) is 5.91 Å². The average molecular weight is 360 g/mol. The van der Waals surface area contributed by atoms with Crippen LogP contribution in [-0.2, 0) is 0 Å². The maximum atomic E-state index is 12.5. The summed E-state index contributed by atoms with van der Waals surface area (Å²) >= 11 is 9.51. The molecule has 1 heterocycles. The number of halogens is 2. The van der Waals surface area contributed by atoms with Crippen LogP contribution in [0.2, 0.25) is 5.02 Å². The van der Waals surface area contributed by atoms with Gasteiger partial charge in [0.1, 0.15) is 0 Å². The predicted molar refractivity (Wildman–Crippen MR) is 86.3 cm³/mol. The molecule has 0 bridgehead atoms. The molecular formula is C15H20BrClN2O. The molecule has 5 heteroatoms. The Morgan fingerprint density at radius 2 is 2.15 bits per heavy atom. The molecule has 0 unspecified atom stereocenters. The Kier molecular flexibility index (Phi) is 5.87. The van der Waals surface area contributed by atoms with Crippen molar-refractivity contribution in [1.82, 2.24) is 10.2 Å². The Bertz CT molecular complexity index is 473. The first kappa shape index (κ1) is 15.8. The lowest BCUT2D eigenvalue weighted by Gasteiger charge is -2.32. The summed E-state index contributed by atoms with van der Waals surface area (Å²) in [6.07, 6.45) is 2.12. The largest absolute Gasteiger partial charge is 0.339 e. The molecule has 1 amide bonds. The number of rotatable bonds is 4. The molecule has 0 spiro atoms. The van der Waals surface area contributed by atoms with Gasteiger partial charge in [0.05, 0.1) is 10.6 Å². The first-order valence-corrected chi connectivity index (χ1v) is 8.24. The number of carbonyl (C=O) groups excluding carboxylic acids is 1. The van der Waals surface area contributed by atoms with E-state index in [2.05, 4.69) is 28.2 Å². The van der Waals surface area contributed by atoms with Crippen molar-refractivity contribution < 1.29 is 4.79 Å². The average Bonchev–Trinajstić information content (AvgIpc) is 2.45. The van der Waals surface area contributed by atoms with Crippen LogP contribution in [0.1, 0.15) is 30.1 Å². The molecule has 1 saturated heterocycles. The molecule has 3 nitrogen and oxygen atoms in total. The monoisotopic (exact) mass is 358 g/mol. The fourth-order valence-corrected chi connectivity index (χ4v) is 3.28. The lowest BCUT2D eigenvalue weighted by atomic mass is 9.96. The second kappa shape index (κ2) is 7.43. The number of carbonyl (C=O) groups is 1. The number of hydrogen-bond acceptors (Lipinski definition) is 2. The highest BCUT2D eigenvalue weighted by molar-refractivity contribution is 9.10. The van der Waals surface area contributed by atoms with Crippen molar-refractivity contribution in [2.45, 2.75) is 19.8 Å². The summed E-state index contributed by atoms with van der Waals surface area (Å²) in [4.78, 5) is 14.4. The van der Waals surface area contributed by atoms with Gasteiger partial charge in [-0.25, -0.2) is 0 Å². The lowest BCUT2D eigenvalue weighted by molar-refractivity contribution is 0.0690. The number of nitrogens with zero attached hydrogens (tertiary/aromatic N) is 1. The minimum atomic E-state index is 0.0457. The fourth-order valence-electron chi connectivity index (χ4n) is 2.52. The van der Waals surface area contributed by atoms with Crippen molar-refractivity contribution >= 4 is 33.4 Å². The van der Waals surface area contributed by atoms with Gasteiger partial charge in [-0.3, -0.25) is 4.79 Å². The summed E-state index contributed by atoms with van der Waals surface area (Å²) in [5.74, 6) is 0.726. The van der Waals surface area contributed by atoms with Crippen LogP contribution in [0.5, 0.6) is 0 Å². The van der Waals surface area contributed by atoms with Gasteiger partial charge < -0.3 is 10.2 Å². The highest BCUT2D eigenvalue weighted by atomic mass is 79.9. The maximum absolute atomic E-state index is 12.5. The summed E-state index contributed by atoms with van der Waals surface area (Å²) in [5.41, 5.74) is 0.597. The molecule has 110 valence electrons. The van der Waals surface area contributed by atoms with Crippen LogP contribution in [0.15, 0.2) is 22.7 Å². The van der Waals surface area contributed by atoms with E-state index in [1.54, 1.807) is 12.1 Å². The Morgan fingerprint density at radius 1 is 1.45 bits per heavy atom. The Labute approximate surface area is 133 Å². The first-order valence-electron chi connectivity index (χ1n) is 7.07. The van der Waals surface area contributed by atoms with Gasteiger partial charge in [-0.05, 0) is 50.0 Å². The summed E-state index contributed by atoms with van der Waals surface area (Å²) < 4.78 is 0.892. The molecular weight excluding hydrogens is 340 g/mol. The molecule has 0 aliphatic carbocycles. The fraction of sp³-hybridized carbons (Fsp3) is 0.533. The quantitative estimate of drug-likeness (QED) is 0.891. The van der Waals surface area contributed by atoms with Gasteiger partial charge in [0.15, 0.2) is 0 Å². The van der Waals surface area contributed by atoms with Crippen LogP contribution < -0.4 is 5.32 Å². The molecule has 1 fully saturated rings. The molecule has 0 aromatic heterocycles. The number of benzene rings is 1. The molecule has 0 radical (unpaired) electrons. The van der Waals surface area contributed by atoms with Crippen LogP contribution in [0, 0.1) is 5.92 Å². The van der Waals surface area contributed by atoms with E-state index >= 15 is 0 Å². The van der Waals surface area contributed by atoms with Crippen molar-refractivity contribution in [1.29, 1.82) is 0 Å². The molecule has 0 saturated carbocycles. The van der Waals surface area contributed by atoms with E-state index in [1.165, 1.54) is 0 Å². The summed E-state index contributed by atoms with van der Waals surface area (Å²) in [6, 6.07) is 5.42. The van der Waals surface area contributed by atoms with E-state index in [4.69, 9.17) is 11.6 Å². The predicted octanol–water partition coefficient (Wildman–Crippen LogP) is 3.56. The zero-order valence-electron chi connectivity index (χ0n) is 11.7. The summed E-state index contributed by atoms with van der Waals surface area (Å²) in [6.45, 7) is 5.82. The zero-order chi connectivity index (χ0) is 14.5. The van der Waals surface area contributed by atoms with Crippen molar-refractivity contribution in [3.8, 4) is 0 Å². The number of likely N-dealkylation sites (tertiary alicyclic amines) is 1. The molecule has 1 aliphatic rings. The molecule has 2 rings (SSSR count). The second-order valence-corrected chi connectivity index (χ2v) is 6.49. The Hall–Kier alpha value is -0.580. The topological polar surface area (TPSA) is 32.3 Å². The zero-order valence-corrected chi connectivity index (χ0v) is 14.0.